The Bertz CT molecular complexity index is 933. The molecule has 1 N–H and O–H groups in total. The number of hydrogen-bond acceptors (Lipinski definition) is 5. The number of phenolic OH excluding ortho intramolecular Hbond substituents is 1. The van der Waals surface area contributed by atoms with Gasteiger partial charge in [0.1, 0.15) is 5.75 Å². The van der Waals surface area contributed by atoms with Gasteiger partial charge in [-0.25, -0.2) is 4.99 Å². The Kier molecular flexibility index (Phi) is 5.76. The third kappa shape index (κ3) is 4.46. The van der Waals surface area contributed by atoms with Crippen molar-refractivity contribution in [2.45, 2.75) is 20.3 Å². The van der Waals surface area contributed by atoms with Gasteiger partial charge in [-0.1, -0.05) is 31.2 Å². The highest BCUT2D eigenvalue weighted by atomic mass is 32.2. The summed E-state index contributed by atoms with van der Waals surface area (Å²) in [5.74, 6) is 0.0738. The van der Waals surface area contributed by atoms with Crippen molar-refractivity contribution in [2.75, 3.05) is 6.54 Å². The normalized spacial score (nSPS) is 17.1. The lowest BCUT2D eigenvalue weighted by Gasteiger charge is -2.14. The summed E-state index contributed by atoms with van der Waals surface area (Å²) in [5, 5.41) is 10.0. The Hall–Kier alpha value is -2.86. The molecule has 3 rings (SSSR count). The molecule has 0 unspecified atom stereocenters. The number of carbonyl (C=O) groups excluding carboxylic acids is 2. The van der Waals surface area contributed by atoms with E-state index in [2.05, 4.69) is 4.99 Å². The summed E-state index contributed by atoms with van der Waals surface area (Å²) in [6.45, 7) is 4.10. The van der Waals surface area contributed by atoms with Crippen LogP contribution in [0.15, 0.2) is 58.4 Å². The largest absolute Gasteiger partial charge is 0.508 e. The van der Waals surface area contributed by atoms with Crippen LogP contribution >= 0.6 is 11.8 Å². The lowest BCUT2D eigenvalue weighted by molar-refractivity contribution is -0.122. The molecule has 2 aromatic carbocycles. The Morgan fingerprint density at radius 3 is 2.63 bits per heavy atom. The molecular weight excluding hydrogens is 360 g/mol. The van der Waals surface area contributed by atoms with E-state index >= 15 is 0 Å². The second-order valence-corrected chi connectivity index (χ2v) is 7.17. The van der Waals surface area contributed by atoms with Gasteiger partial charge in [0.2, 0.25) is 0 Å². The third-order valence-corrected chi connectivity index (χ3v) is 5.01. The van der Waals surface area contributed by atoms with Crippen LogP contribution in [0.1, 0.15) is 36.2 Å². The Labute approximate surface area is 162 Å². The number of benzene rings is 2. The summed E-state index contributed by atoms with van der Waals surface area (Å²) in [6, 6.07) is 13.8. The highest BCUT2D eigenvalue weighted by Crippen LogP contribution is 2.34. The average molecular weight is 380 g/mol. The van der Waals surface area contributed by atoms with Crippen LogP contribution in [0.3, 0.4) is 0 Å². The van der Waals surface area contributed by atoms with Crippen molar-refractivity contribution in [3.05, 3.63) is 64.6 Å². The molecule has 6 heteroatoms. The number of Topliss-reactive ketones (excluding diaryl/α,β-unsaturated/α-hetero) is 1. The predicted octanol–water partition coefficient (Wildman–Crippen LogP) is 4.61. The predicted molar refractivity (Wildman–Crippen MR) is 109 cm³/mol. The number of aromatic hydroxyl groups is 1. The average Bonchev–Trinajstić information content (AvgIpc) is 2.93. The van der Waals surface area contributed by atoms with E-state index < -0.39 is 0 Å². The summed E-state index contributed by atoms with van der Waals surface area (Å²) in [6.07, 6.45) is 2.61. The molecule has 0 bridgehead atoms. The molecule has 0 atom stereocenters. The quantitative estimate of drug-likeness (QED) is 0.607. The lowest BCUT2D eigenvalue weighted by Crippen LogP contribution is -2.29. The molecule has 1 heterocycles. The molecular formula is C21H20N2O3S. The van der Waals surface area contributed by atoms with E-state index in [-0.39, 0.29) is 17.4 Å². The van der Waals surface area contributed by atoms with Crippen molar-refractivity contribution in [3.63, 3.8) is 0 Å². The van der Waals surface area contributed by atoms with Crippen molar-refractivity contribution in [1.82, 2.24) is 4.90 Å². The van der Waals surface area contributed by atoms with Crippen molar-refractivity contribution < 1.29 is 14.7 Å². The highest BCUT2D eigenvalue weighted by Gasteiger charge is 2.32. The van der Waals surface area contributed by atoms with Gasteiger partial charge in [-0.3, -0.25) is 14.5 Å². The molecule has 0 aromatic heterocycles. The number of nitrogens with zero attached hydrogens (tertiary/aromatic N) is 2. The maximum atomic E-state index is 12.8. The molecule has 1 amide bonds. The minimum Gasteiger partial charge on any atom is -0.508 e. The third-order valence-electron chi connectivity index (χ3n) is 4.00. The summed E-state index contributed by atoms with van der Waals surface area (Å²) in [7, 11) is 0. The van der Waals surface area contributed by atoms with Crippen molar-refractivity contribution in [3.8, 4) is 5.75 Å². The SMILES string of the molecule is CCCN1C(=O)/C(=C/c2ccc(O)cc2)SC1=Nc1cccc(C(C)=O)c1. The summed E-state index contributed by atoms with van der Waals surface area (Å²) in [5.41, 5.74) is 2.07. The zero-order valence-corrected chi connectivity index (χ0v) is 16.0. The monoisotopic (exact) mass is 380 g/mol. The Morgan fingerprint density at radius 1 is 1.22 bits per heavy atom. The number of carbonyl (C=O) groups is 2. The van der Waals surface area contributed by atoms with E-state index in [0.717, 1.165) is 12.0 Å². The molecule has 5 nitrogen and oxygen atoms in total. The van der Waals surface area contributed by atoms with Crippen molar-refractivity contribution in [2.24, 2.45) is 4.99 Å². The van der Waals surface area contributed by atoms with E-state index in [1.54, 1.807) is 53.4 Å². The number of ketones is 1. The van der Waals surface area contributed by atoms with Crippen molar-refractivity contribution in [1.29, 1.82) is 0 Å². The highest BCUT2D eigenvalue weighted by molar-refractivity contribution is 8.18. The first kappa shape index (κ1) is 18.9. The van der Waals surface area contributed by atoms with Gasteiger partial charge in [0.25, 0.3) is 5.91 Å². The van der Waals surface area contributed by atoms with Crippen LogP contribution in [0.4, 0.5) is 5.69 Å². The van der Waals surface area contributed by atoms with Gasteiger partial charge < -0.3 is 5.11 Å². The van der Waals surface area contributed by atoms with Crippen LogP contribution in [-0.2, 0) is 4.79 Å². The molecule has 1 fully saturated rings. The zero-order valence-electron chi connectivity index (χ0n) is 15.2. The number of phenols is 1. The minimum absolute atomic E-state index is 0.0227. The van der Waals surface area contributed by atoms with Crippen LogP contribution in [-0.4, -0.2) is 33.4 Å². The molecule has 0 radical (unpaired) electrons. The fraction of sp³-hybridized carbons (Fsp3) is 0.190. The van der Waals surface area contributed by atoms with Gasteiger partial charge >= 0.3 is 0 Å². The standard InChI is InChI=1S/C21H20N2O3S/c1-3-11-23-20(26)19(12-15-7-9-18(25)10-8-15)27-21(23)22-17-6-4-5-16(13-17)14(2)24/h4-10,12-13,25H,3,11H2,1-2H3/b19-12-,22-21?. The molecule has 0 saturated carbocycles. The van der Waals surface area contributed by atoms with Crippen molar-refractivity contribution >= 4 is 40.4 Å². The van der Waals surface area contributed by atoms with E-state index in [4.69, 9.17) is 0 Å². The minimum atomic E-state index is -0.0867. The van der Waals surface area contributed by atoms with Gasteiger partial charge in [-0.2, -0.15) is 0 Å². The van der Waals surface area contributed by atoms with E-state index in [1.165, 1.54) is 18.7 Å². The maximum Gasteiger partial charge on any atom is 0.266 e. The van der Waals surface area contributed by atoms with Crippen LogP contribution in [0, 0.1) is 0 Å². The molecule has 1 aliphatic rings. The number of rotatable bonds is 5. The molecule has 2 aromatic rings. The first-order valence-corrected chi connectivity index (χ1v) is 9.49. The molecule has 27 heavy (non-hydrogen) atoms. The fourth-order valence-electron chi connectivity index (χ4n) is 2.64. The van der Waals surface area contributed by atoms with Gasteiger partial charge in [-0.15, -0.1) is 0 Å². The van der Waals surface area contributed by atoms with E-state index in [9.17, 15) is 14.7 Å². The molecule has 1 aliphatic heterocycles. The van der Waals surface area contributed by atoms with E-state index in [1.807, 2.05) is 13.0 Å². The second-order valence-electron chi connectivity index (χ2n) is 6.16. The summed E-state index contributed by atoms with van der Waals surface area (Å²) < 4.78 is 0. The van der Waals surface area contributed by atoms with E-state index in [0.29, 0.717) is 27.9 Å². The first-order valence-electron chi connectivity index (χ1n) is 8.68. The number of amides is 1. The van der Waals surface area contributed by atoms with Gasteiger partial charge in [0, 0.05) is 12.1 Å². The van der Waals surface area contributed by atoms with Gasteiger partial charge in [0.05, 0.1) is 10.6 Å². The maximum absolute atomic E-state index is 12.8. The van der Waals surface area contributed by atoms with Crippen LogP contribution in [0.25, 0.3) is 6.08 Å². The second kappa shape index (κ2) is 8.22. The smallest absolute Gasteiger partial charge is 0.266 e. The summed E-state index contributed by atoms with van der Waals surface area (Å²) in [4.78, 5) is 31.2. The van der Waals surface area contributed by atoms with Crippen LogP contribution in [0.5, 0.6) is 5.75 Å². The Morgan fingerprint density at radius 2 is 1.96 bits per heavy atom. The molecule has 0 aliphatic carbocycles. The first-order chi connectivity index (χ1) is 13.0. The number of thioether (sulfide) groups is 1. The Balaban J connectivity index is 1.94. The zero-order chi connectivity index (χ0) is 19.4. The van der Waals surface area contributed by atoms with Gasteiger partial charge in [-0.05, 0) is 61.0 Å². The van der Waals surface area contributed by atoms with Crippen LogP contribution < -0.4 is 0 Å². The fourth-order valence-corrected chi connectivity index (χ4v) is 3.66. The molecule has 0 spiro atoms. The summed E-state index contributed by atoms with van der Waals surface area (Å²) >= 11 is 1.32. The number of aliphatic imine (C=N–C) groups is 1. The lowest BCUT2D eigenvalue weighted by atomic mass is 10.1. The van der Waals surface area contributed by atoms with Crippen LogP contribution in [0.2, 0.25) is 0 Å². The molecule has 1 saturated heterocycles. The van der Waals surface area contributed by atoms with Gasteiger partial charge in [0.15, 0.2) is 11.0 Å². The molecule has 138 valence electrons. The number of amidine groups is 1. The number of hydrogen-bond donors (Lipinski definition) is 1. The topological polar surface area (TPSA) is 70.0 Å².